The molecule has 0 bridgehead atoms. The Bertz CT molecular complexity index is 402. The number of rotatable bonds is 6. The zero-order valence-corrected chi connectivity index (χ0v) is 12.7. The molecule has 1 aliphatic rings. The smallest absolute Gasteiger partial charge is 0.125 e. The number of nitrogens with one attached hydrogen (secondary N) is 1. The number of halogens is 1. The molecule has 0 heterocycles. The van der Waals surface area contributed by atoms with Crippen LogP contribution < -0.4 is 10.2 Å². The normalized spacial score (nSPS) is 17.9. The molecule has 1 unspecified atom stereocenters. The Morgan fingerprint density at radius 2 is 2.05 bits per heavy atom. The van der Waals surface area contributed by atoms with Gasteiger partial charge in [0.15, 0.2) is 0 Å². The van der Waals surface area contributed by atoms with E-state index in [1.54, 1.807) is 12.1 Å². The predicted octanol–water partition coefficient (Wildman–Crippen LogP) is 3.82. The van der Waals surface area contributed by atoms with Crippen LogP contribution >= 0.6 is 0 Å². The van der Waals surface area contributed by atoms with Crippen molar-refractivity contribution in [2.45, 2.75) is 45.1 Å². The summed E-state index contributed by atoms with van der Waals surface area (Å²) in [5.41, 5.74) is 0.962. The van der Waals surface area contributed by atoms with Crippen LogP contribution in [0.1, 0.15) is 39.0 Å². The van der Waals surface area contributed by atoms with Gasteiger partial charge < -0.3 is 10.2 Å². The van der Waals surface area contributed by atoms with Gasteiger partial charge in [-0.3, -0.25) is 0 Å². The van der Waals surface area contributed by atoms with Crippen LogP contribution in [-0.4, -0.2) is 26.2 Å². The van der Waals surface area contributed by atoms with E-state index in [0.717, 1.165) is 24.7 Å². The van der Waals surface area contributed by atoms with Crippen molar-refractivity contribution in [2.75, 3.05) is 25.0 Å². The fourth-order valence-corrected chi connectivity index (χ4v) is 3.29. The molecule has 1 aliphatic carbocycles. The monoisotopic (exact) mass is 278 g/mol. The lowest BCUT2D eigenvalue weighted by molar-refractivity contribution is 0.273. The van der Waals surface area contributed by atoms with Gasteiger partial charge in [0.05, 0.1) is 0 Å². The van der Waals surface area contributed by atoms with Crippen molar-refractivity contribution in [3.05, 3.63) is 30.1 Å². The topological polar surface area (TPSA) is 15.3 Å². The largest absolute Gasteiger partial charge is 0.373 e. The summed E-state index contributed by atoms with van der Waals surface area (Å²) in [7, 11) is 2.06. The van der Waals surface area contributed by atoms with Gasteiger partial charge in [0.25, 0.3) is 0 Å². The highest BCUT2D eigenvalue weighted by Gasteiger charge is 2.24. The lowest BCUT2D eigenvalue weighted by Crippen LogP contribution is -2.45. The zero-order chi connectivity index (χ0) is 14.4. The SMILES string of the molecule is CCNC(CN(C)c1cccc(F)c1)C1CCCCC1. The van der Waals surface area contributed by atoms with Crippen LogP contribution in [0, 0.1) is 11.7 Å². The second kappa shape index (κ2) is 7.63. The van der Waals surface area contributed by atoms with Gasteiger partial charge in [-0.25, -0.2) is 4.39 Å². The number of likely N-dealkylation sites (N-methyl/N-ethyl adjacent to an activating group) is 2. The van der Waals surface area contributed by atoms with E-state index >= 15 is 0 Å². The summed E-state index contributed by atoms with van der Waals surface area (Å²) >= 11 is 0. The lowest BCUT2D eigenvalue weighted by atomic mass is 9.83. The molecule has 0 saturated heterocycles. The van der Waals surface area contributed by atoms with Crippen molar-refractivity contribution in [1.29, 1.82) is 0 Å². The minimum atomic E-state index is -0.160. The van der Waals surface area contributed by atoms with Crippen molar-refractivity contribution in [2.24, 2.45) is 5.92 Å². The van der Waals surface area contributed by atoms with Crippen molar-refractivity contribution in [3.63, 3.8) is 0 Å². The molecule has 1 fully saturated rings. The fraction of sp³-hybridized carbons (Fsp3) is 0.647. The first-order valence-electron chi connectivity index (χ1n) is 7.90. The second-order valence-electron chi connectivity index (χ2n) is 5.92. The summed E-state index contributed by atoms with van der Waals surface area (Å²) in [6.45, 7) is 4.11. The Kier molecular flexibility index (Phi) is 5.84. The van der Waals surface area contributed by atoms with Crippen molar-refractivity contribution < 1.29 is 4.39 Å². The fourth-order valence-electron chi connectivity index (χ4n) is 3.29. The predicted molar refractivity (Wildman–Crippen MR) is 83.7 cm³/mol. The summed E-state index contributed by atoms with van der Waals surface area (Å²) in [5.74, 6) is 0.603. The molecule has 0 spiro atoms. The van der Waals surface area contributed by atoms with Crippen LogP contribution in [0.2, 0.25) is 0 Å². The van der Waals surface area contributed by atoms with Crippen LogP contribution in [0.15, 0.2) is 24.3 Å². The summed E-state index contributed by atoms with van der Waals surface area (Å²) < 4.78 is 13.3. The van der Waals surface area contributed by atoms with Crippen LogP contribution in [0.25, 0.3) is 0 Å². The van der Waals surface area contributed by atoms with Gasteiger partial charge in [0.2, 0.25) is 0 Å². The molecule has 2 nitrogen and oxygen atoms in total. The maximum atomic E-state index is 13.3. The van der Waals surface area contributed by atoms with E-state index in [0.29, 0.717) is 6.04 Å². The standard InChI is InChI=1S/C17H27FN2/c1-3-19-17(14-8-5-4-6-9-14)13-20(2)16-11-7-10-15(18)12-16/h7,10-12,14,17,19H,3-6,8-9,13H2,1-2H3. The number of nitrogens with zero attached hydrogens (tertiary/aromatic N) is 1. The molecule has 1 saturated carbocycles. The summed E-state index contributed by atoms with van der Waals surface area (Å²) in [6, 6.07) is 7.38. The number of anilines is 1. The summed E-state index contributed by atoms with van der Waals surface area (Å²) in [4.78, 5) is 2.17. The zero-order valence-electron chi connectivity index (χ0n) is 12.7. The Morgan fingerprint density at radius 1 is 1.30 bits per heavy atom. The average molecular weight is 278 g/mol. The maximum Gasteiger partial charge on any atom is 0.125 e. The quantitative estimate of drug-likeness (QED) is 0.851. The Balaban J connectivity index is 1.99. The molecule has 0 aliphatic heterocycles. The molecular formula is C17H27FN2. The van der Waals surface area contributed by atoms with E-state index in [1.807, 2.05) is 6.07 Å². The highest BCUT2D eigenvalue weighted by Crippen LogP contribution is 2.27. The minimum absolute atomic E-state index is 0.160. The van der Waals surface area contributed by atoms with Crippen molar-refractivity contribution >= 4 is 5.69 Å². The van der Waals surface area contributed by atoms with Crippen molar-refractivity contribution in [3.8, 4) is 0 Å². The van der Waals surface area contributed by atoms with Gasteiger partial charge in [-0.05, 0) is 43.5 Å². The Labute approximate surface area is 122 Å². The van der Waals surface area contributed by atoms with E-state index in [4.69, 9.17) is 0 Å². The van der Waals surface area contributed by atoms with Crippen LogP contribution in [-0.2, 0) is 0 Å². The van der Waals surface area contributed by atoms with Crippen molar-refractivity contribution in [1.82, 2.24) is 5.32 Å². The number of hydrogen-bond donors (Lipinski definition) is 1. The summed E-state index contributed by atoms with van der Waals surface area (Å²) in [5, 5.41) is 3.63. The van der Waals surface area contributed by atoms with Gasteiger partial charge in [-0.15, -0.1) is 0 Å². The maximum absolute atomic E-state index is 13.3. The molecule has 0 amide bonds. The van der Waals surface area contributed by atoms with Gasteiger partial charge in [0, 0.05) is 25.3 Å². The molecule has 1 N–H and O–H groups in total. The van der Waals surface area contributed by atoms with Crippen LogP contribution in [0.3, 0.4) is 0 Å². The van der Waals surface area contributed by atoms with Gasteiger partial charge in [-0.1, -0.05) is 32.3 Å². The molecule has 20 heavy (non-hydrogen) atoms. The third-order valence-corrected chi connectivity index (χ3v) is 4.40. The lowest BCUT2D eigenvalue weighted by Gasteiger charge is -2.34. The molecular weight excluding hydrogens is 251 g/mol. The first kappa shape index (κ1) is 15.3. The van der Waals surface area contributed by atoms with Gasteiger partial charge in [-0.2, -0.15) is 0 Å². The average Bonchev–Trinajstić information content (AvgIpc) is 2.47. The minimum Gasteiger partial charge on any atom is -0.373 e. The first-order chi connectivity index (χ1) is 9.70. The first-order valence-corrected chi connectivity index (χ1v) is 7.90. The Morgan fingerprint density at radius 3 is 2.70 bits per heavy atom. The molecule has 0 radical (unpaired) electrons. The van der Waals surface area contributed by atoms with Gasteiger partial charge in [0.1, 0.15) is 5.82 Å². The second-order valence-corrected chi connectivity index (χ2v) is 5.92. The molecule has 1 aromatic rings. The summed E-state index contributed by atoms with van der Waals surface area (Å²) in [6.07, 6.45) is 6.75. The molecule has 112 valence electrons. The molecule has 1 aromatic carbocycles. The van der Waals surface area contributed by atoms with E-state index in [1.165, 1.54) is 38.2 Å². The van der Waals surface area contributed by atoms with E-state index < -0.39 is 0 Å². The molecule has 1 atom stereocenters. The number of hydrogen-bond acceptors (Lipinski definition) is 2. The molecule has 3 heteroatoms. The van der Waals surface area contributed by atoms with E-state index in [2.05, 4.69) is 24.2 Å². The van der Waals surface area contributed by atoms with Crippen LogP contribution in [0.4, 0.5) is 10.1 Å². The van der Waals surface area contributed by atoms with Crippen LogP contribution in [0.5, 0.6) is 0 Å². The Hall–Kier alpha value is -1.09. The highest BCUT2D eigenvalue weighted by atomic mass is 19.1. The third kappa shape index (κ3) is 4.20. The van der Waals surface area contributed by atoms with E-state index in [9.17, 15) is 4.39 Å². The molecule has 2 rings (SSSR count). The highest BCUT2D eigenvalue weighted by molar-refractivity contribution is 5.45. The third-order valence-electron chi connectivity index (χ3n) is 4.40. The van der Waals surface area contributed by atoms with Gasteiger partial charge >= 0.3 is 0 Å². The number of benzene rings is 1. The molecule has 0 aromatic heterocycles. The van der Waals surface area contributed by atoms with E-state index in [-0.39, 0.29) is 5.82 Å².